The molecular formula is C9H14. The van der Waals surface area contributed by atoms with Crippen molar-refractivity contribution in [3.63, 3.8) is 0 Å². The molecule has 9 heavy (non-hydrogen) atoms. The molecule has 0 saturated carbocycles. The molecule has 0 bridgehead atoms. The zero-order valence-corrected chi connectivity index (χ0v) is 5.84. The quantitative estimate of drug-likeness (QED) is 0.494. The van der Waals surface area contributed by atoms with Gasteiger partial charge < -0.3 is 0 Å². The Hall–Kier alpha value is -0.520. The number of rotatable bonds is 2. The van der Waals surface area contributed by atoms with Crippen molar-refractivity contribution >= 4 is 0 Å². The normalized spacial score (nSPS) is 26.0. The maximum Gasteiger partial charge on any atom is -0.0199 e. The predicted octanol–water partition coefficient (Wildman–Crippen LogP) is 2.92. The Balaban J connectivity index is 2.31. The summed E-state index contributed by atoms with van der Waals surface area (Å²) < 4.78 is 0. The molecule has 0 heteroatoms. The lowest BCUT2D eigenvalue weighted by Gasteiger charge is -2.12. The molecule has 0 aliphatic heterocycles. The van der Waals surface area contributed by atoms with Crippen molar-refractivity contribution in [1.29, 1.82) is 0 Å². The Morgan fingerprint density at radius 2 is 2.56 bits per heavy atom. The standard InChI is InChI=1S/C9H14/c1-2-6-9-7-4-3-5-8-9/h2,4,7,9H,1,3,5-6,8H2. The summed E-state index contributed by atoms with van der Waals surface area (Å²) in [5.74, 6) is 0.802. The maximum absolute atomic E-state index is 3.72. The van der Waals surface area contributed by atoms with E-state index in [4.69, 9.17) is 0 Å². The smallest absolute Gasteiger partial charge is 0.0199 e. The van der Waals surface area contributed by atoms with Crippen LogP contribution in [0, 0.1) is 5.92 Å². The molecule has 0 aromatic heterocycles. The van der Waals surface area contributed by atoms with E-state index in [9.17, 15) is 0 Å². The largest absolute Gasteiger partial charge is 0.103 e. The maximum atomic E-state index is 3.72. The summed E-state index contributed by atoms with van der Waals surface area (Å²) in [5.41, 5.74) is 0. The second-order valence-corrected chi connectivity index (χ2v) is 2.64. The molecule has 0 saturated heterocycles. The molecule has 0 fully saturated rings. The fraction of sp³-hybridized carbons (Fsp3) is 0.556. The van der Waals surface area contributed by atoms with Crippen LogP contribution < -0.4 is 0 Å². The van der Waals surface area contributed by atoms with E-state index in [0.29, 0.717) is 0 Å². The highest BCUT2D eigenvalue weighted by Gasteiger charge is 2.04. The minimum Gasteiger partial charge on any atom is -0.103 e. The van der Waals surface area contributed by atoms with Gasteiger partial charge in [0.05, 0.1) is 0 Å². The van der Waals surface area contributed by atoms with Crippen molar-refractivity contribution < 1.29 is 0 Å². The van der Waals surface area contributed by atoms with E-state index in [1.54, 1.807) is 0 Å². The second kappa shape index (κ2) is 3.49. The molecule has 0 nitrogen and oxygen atoms in total. The Morgan fingerprint density at radius 3 is 3.11 bits per heavy atom. The third kappa shape index (κ3) is 2.05. The van der Waals surface area contributed by atoms with Gasteiger partial charge in [0, 0.05) is 0 Å². The molecule has 0 radical (unpaired) electrons. The van der Waals surface area contributed by atoms with Crippen molar-refractivity contribution in [2.75, 3.05) is 0 Å². The van der Waals surface area contributed by atoms with Crippen molar-refractivity contribution in [2.45, 2.75) is 25.7 Å². The van der Waals surface area contributed by atoms with Crippen LogP contribution in [-0.4, -0.2) is 0 Å². The lowest BCUT2D eigenvalue weighted by Crippen LogP contribution is -1.98. The summed E-state index contributed by atoms with van der Waals surface area (Å²) in [6.07, 6.45) is 11.8. The van der Waals surface area contributed by atoms with Crippen molar-refractivity contribution in [1.82, 2.24) is 0 Å². The van der Waals surface area contributed by atoms with E-state index < -0.39 is 0 Å². The van der Waals surface area contributed by atoms with E-state index in [0.717, 1.165) is 12.3 Å². The van der Waals surface area contributed by atoms with Gasteiger partial charge in [0.1, 0.15) is 0 Å². The number of hydrogen-bond acceptors (Lipinski definition) is 0. The SMILES string of the molecule is C=CCC1C=CCCC1. The molecule has 0 heterocycles. The Bertz CT molecular complexity index is 111. The summed E-state index contributed by atoms with van der Waals surface area (Å²) in [4.78, 5) is 0. The minimum atomic E-state index is 0.802. The highest BCUT2D eigenvalue weighted by molar-refractivity contribution is 4.95. The lowest BCUT2D eigenvalue weighted by atomic mass is 9.93. The van der Waals surface area contributed by atoms with Gasteiger partial charge in [0.15, 0.2) is 0 Å². The molecule has 1 rings (SSSR count). The summed E-state index contributed by atoms with van der Waals surface area (Å²) in [7, 11) is 0. The van der Waals surface area contributed by atoms with Crippen LogP contribution in [0.1, 0.15) is 25.7 Å². The molecule has 0 aromatic rings. The Kier molecular flexibility index (Phi) is 2.56. The average molecular weight is 122 g/mol. The fourth-order valence-electron chi connectivity index (χ4n) is 1.29. The first-order valence-corrected chi connectivity index (χ1v) is 3.71. The molecule has 1 atom stereocenters. The summed E-state index contributed by atoms with van der Waals surface area (Å²) >= 11 is 0. The highest BCUT2D eigenvalue weighted by atomic mass is 14.1. The lowest BCUT2D eigenvalue weighted by molar-refractivity contribution is 0.547. The van der Waals surface area contributed by atoms with Gasteiger partial charge in [-0.15, -0.1) is 6.58 Å². The van der Waals surface area contributed by atoms with Crippen LogP contribution in [0.3, 0.4) is 0 Å². The highest BCUT2D eigenvalue weighted by Crippen LogP contribution is 2.19. The second-order valence-electron chi connectivity index (χ2n) is 2.64. The Labute approximate surface area is 57.3 Å². The molecule has 1 aliphatic rings. The van der Waals surface area contributed by atoms with Crippen LogP contribution in [-0.2, 0) is 0 Å². The molecular weight excluding hydrogens is 108 g/mol. The average Bonchev–Trinajstić information content (AvgIpc) is 1.91. The van der Waals surface area contributed by atoms with Crippen molar-refractivity contribution in [3.8, 4) is 0 Å². The monoisotopic (exact) mass is 122 g/mol. The van der Waals surface area contributed by atoms with Gasteiger partial charge in [0.25, 0.3) is 0 Å². The van der Waals surface area contributed by atoms with Gasteiger partial charge in [-0.1, -0.05) is 18.2 Å². The van der Waals surface area contributed by atoms with Crippen LogP contribution in [0.4, 0.5) is 0 Å². The van der Waals surface area contributed by atoms with E-state index >= 15 is 0 Å². The first-order valence-electron chi connectivity index (χ1n) is 3.71. The van der Waals surface area contributed by atoms with Gasteiger partial charge in [-0.25, -0.2) is 0 Å². The molecule has 0 aromatic carbocycles. The number of hydrogen-bond donors (Lipinski definition) is 0. The molecule has 1 unspecified atom stereocenters. The van der Waals surface area contributed by atoms with E-state index in [2.05, 4.69) is 18.7 Å². The zero-order chi connectivity index (χ0) is 6.53. The summed E-state index contributed by atoms with van der Waals surface area (Å²) in [6, 6.07) is 0. The Morgan fingerprint density at radius 1 is 1.67 bits per heavy atom. The zero-order valence-electron chi connectivity index (χ0n) is 5.84. The third-order valence-corrected chi connectivity index (χ3v) is 1.82. The van der Waals surface area contributed by atoms with Crippen LogP contribution in [0.2, 0.25) is 0 Å². The van der Waals surface area contributed by atoms with Crippen LogP contribution in [0.5, 0.6) is 0 Å². The molecule has 0 spiro atoms. The van der Waals surface area contributed by atoms with Gasteiger partial charge in [-0.05, 0) is 31.6 Å². The summed E-state index contributed by atoms with van der Waals surface area (Å²) in [5, 5.41) is 0. The van der Waals surface area contributed by atoms with E-state index in [1.165, 1.54) is 19.3 Å². The van der Waals surface area contributed by atoms with E-state index in [-0.39, 0.29) is 0 Å². The fourth-order valence-corrected chi connectivity index (χ4v) is 1.29. The van der Waals surface area contributed by atoms with Gasteiger partial charge in [0.2, 0.25) is 0 Å². The molecule has 1 aliphatic carbocycles. The van der Waals surface area contributed by atoms with Crippen LogP contribution in [0.15, 0.2) is 24.8 Å². The van der Waals surface area contributed by atoms with Gasteiger partial charge in [-0.3, -0.25) is 0 Å². The first-order chi connectivity index (χ1) is 4.43. The predicted molar refractivity (Wildman–Crippen MR) is 41.3 cm³/mol. The third-order valence-electron chi connectivity index (χ3n) is 1.82. The molecule has 0 amide bonds. The van der Waals surface area contributed by atoms with Crippen LogP contribution >= 0.6 is 0 Å². The van der Waals surface area contributed by atoms with Crippen molar-refractivity contribution in [2.24, 2.45) is 5.92 Å². The molecule has 0 N–H and O–H groups in total. The van der Waals surface area contributed by atoms with Gasteiger partial charge in [-0.2, -0.15) is 0 Å². The van der Waals surface area contributed by atoms with Gasteiger partial charge >= 0.3 is 0 Å². The summed E-state index contributed by atoms with van der Waals surface area (Å²) in [6.45, 7) is 3.72. The van der Waals surface area contributed by atoms with Crippen molar-refractivity contribution in [3.05, 3.63) is 24.8 Å². The number of allylic oxidation sites excluding steroid dienone is 3. The molecule has 50 valence electrons. The minimum absolute atomic E-state index is 0.802. The first kappa shape index (κ1) is 6.60. The van der Waals surface area contributed by atoms with E-state index in [1.807, 2.05) is 6.08 Å². The van der Waals surface area contributed by atoms with Crippen LogP contribution in [0.25, 0.3) is 0 Å². The topological polar surface area (TPSA) is 0 Å².